The van der Waals surface area contributed by atoms with Gasteiger partial charge < -0.3 is 0 Å². The number of allylic oxidation sites excluding steroid dienone is 1. The molecule has 3 aromatic rings. The van der Waals surface area contributed by atoms with E-state index in [0.29, 0.717) is 5.01 Å². The molecule has 0 spiro atoms. The number of benzene rings is 2. The van der Waals surface area contributed by atoms with Crippen LogP contribution in [0, 0.1) is 0 Å². The number of rotatable bonds is 3. The number of carbonyl (C=O) groups excluding carboxylic acids is 1. The van der Waals surface area contributed by atoms with Gasteiger partial charge >= 0.3 is 0 Å². The summed E-state index contributed by atoms with van der Waals surface area (Å²) in [7, 11) is 0. The molecule has 0 saturated carbocycles. The molecule has 0 aliphatic rings. The average Bonchev–Trinajstić information content (AvgIpc) is 2.90. The van der Waals surface area contributed by atoms with Gasteiger partial charge in [0.2, 0.25) is 5.78 Å². The van der Waals surface area contributed by atoms with Gasteiger partial charge in [0.1, 0.15) is 0 Å². The minimum atomic E-state index is -0.0509. The molecule has 3 rings (SSSR count). The third-order valence-corrected chi connectivity index (χ3v) is 3.78. The standard InChI is InChI=1S/C16H11NOS/c18-14(11-10-12-6-2-1-3-7-12)16-17-13-8-4-5-9-15(13)19-16/h1-11H. The van der Waals surface area contributed by atoms with Gasteiger partial charge in [-0.25, -0.2) is 4.98 Å². The van der Waals surface area contributed by atoms with Crippen LogP contribution in [-0.2, 0) is 0 Å². The summed E-state index contributed by atoms with van der Waals surface area (Å²) in [5, 5.41) is 0.536. The Morgan fingerprint density at radius 3 is 2.53 bits per heavy atom. The van der Waals surface area contributed by atoms with Crippen LogP contribution >= 0.6 is 11.3 Å². The molecule has 0 saturated heterocycles. The van der Waals surface area contributed by atoms with Gasteiger partial charge in [-0.05, 0) is 23.8 Å². The highest BCUT2D eigenvalue weighted by Crippen LogP contribution is 2.22. The highest BCUT2D eigenvalue weighted by molar-refractivity contribution is 7.20. The van der Waals surface area contributed by atoms with E-state index in [9.17, 15) is 4.79 Å². The SMILES string of the molecule is O=C(C=Cc1ccccc1)c1nc2ccccc2s1. The fraction of sp³-hybridized carbons (Fsp3) is 0. The van der Waals surface area contributed by atoms with Gasteiger partial charge in [0.15, 0.2) is 5.01 Å². The van der Waals surface area contributed by atoms with Gasteiger partial charge in [0.25, 0.3) is 0 Å². The topological polar surface area (TPSA) is 30.0 Å². The molecular weight excluding hydrogens is 254 g/mol. The maximum absolute atomic E-state index is 12.0. The Kier molecular flexibility index (Phi) is 3.21. The fourth-order valence-corrected chi connectivity index (χ4v) is 2.67. The van der Waals surface area contributed by atoms with Crippen molar-refractivity contribution in [2.75, 3.05) is 0 Å². The predicted molar refractivity (Wildman–Crippen MR) is 79.4 cm³/mol. The molecule has 2 aromatic carbocycles. The van der Waals surface area contributed by atoms with Crippen LogP contribution in [0.1, 0.15) is 15.4 Å². The fourth-order valence-electron chi connectivity index (χ4n) is 1.78. The summed E-state index contributed by atoms with van der Waals surface area (Å²) < 4.78 is 1.04. The van der Waals surface area contributed by atoms with Crippen molar-refractivity contribution in [2.24, 2.45) is 0 Å². The molecule has 0 radical (unpaired) electrons. The second-order valence-electron chi connectivity index (χ2n) is 4.10. The molecule has 0 fully saturated rings. The van der Waals surface area contributed by atoms with E-state index < -0.39 is 0 Å². The first-order chi connectivity index (χ1) is 9.33. The van der Waals surface area contributed by atoms with Gasteiger partial charge in [-0.2, -0.15) is 0 Å². The van der Waals surface area contributed by atoms with Crippen molar-refractivity contribution in [3.8, 4) is 0 Å². The number of hydrogen-bond donors (Lipinski definition) is 0. The maximum Gasteiger partial charge on any atom is 0.214 e. The lowest BCUT2D eigenvalue weighted by Crippen LogP contribution is -1.91. The largest absolute Gasteiger partial charge is 0.287 e. The van der Waals surface area contributed by atoms with E-state index in [1.165, 1.54) is 11.3 Å². The van der Waals surface area contributed by atoms with Crippen molar-refractivity contribution in [3.63, 3.8) is 0 Å². The summed E-state index contributed by atoms with van der Waals surface area (Å²) in [6, 6.07) is 17.5. The summed E-state index contributed by atoms with van der Waals surface area (Å²) >= 11 is 1.43. The second-order valence-corrected chi connectivity index (χ2v) is 5.13. The molecular formula is C16H11NOS. The first kappa shape index (κ1) is 11.8. The average molecular weight is 265 g/mol. The Morgan fingerprint density at radius 2 is 1.74 bits per heavy atom. The molecule has 0 bridgehead atoms. The third-order valence-electron chi connectivity index (χ3n) is 2.73. The molecule has 0 amide bonds. The second kappa shape index (κ2) is 5.16. The smallest absolute Gasteiger partial charge is 0.214 e. The molecule has 3 heteroatoms. The van der Waals surface area contributed by atoms with Crippen molar-refractivity contribution < 1.29 is 4.79 Å². The zero-order valence-electron chi connectivity index (χ0n) is 10.1. The van der Waals surface area contributed by atoms with Gasteiger partial charge in [-0.1, -0.05) is 48.5 Å². The van der Waals surface area contributed by atoms with Crippen LogP contribution < -0.4 is 0 Å². The minimum absolute atomic E-state index is 0.0509. The molecule has 0 unspecified atom stereocenters. The maximum atomic E-state index is 12.0. The van der Waals surface area contributed by atoms with Gasteiger partial charge in [0.05, 0.1) is 10.2 Å². The van der Waals surface area contributed by atoms with Gasteiger partial charge in [-0.15, -0.1) is 11.3 Å². The molecule has 0 atom stereocenters. The summed E-state index contributed by atoms with van der Waals surface area (Å²) in [5.74, 6) is -0.0509. The molecule has 0 aliphatic heterocycles. The van der Waals surface area contributed by atoms with Gasteiger partial charge in [-0.3, -0.25) is 4.79 Å². The Labute approximate surface area is 115 Å². The number of aromatic nitrogens is 1. The van der Waals surface area contributed by atoms with Crippen molar-refractivity contribution >= 4 is 33.4 Å². The molecule has 1 heterocycles. The molecule has 0 N–H and O–H groups in total. The van der Waals surface area contributed by atoms with E-state index in [2.05, 4.69) is 4.98 Å². The predicted octanol–water partition coefficient (Wildman–Crippen LogP) is 4.19. The molecule has 2 nitrogen and oxygen atoms in total. The summed E-state index contributed by atoms with van der Waals surface area (Å²) in [4.78, 5) is 16.4. The Hall–Kier alpha value is -2.26. The number of fused-ring (bicyclic) bond motifs is 1. The van der Waals surface area contributed by atoms with Crippen molar-refractivity contribution in [1.29, 1.82) is 0 Å². The van der Waals surface area contributed by atoms with Crippen molar-refractivity contribution in [2.45, 2.75) is 0 Å². The summed E-state index contributed by atoms with van der Waals surface area (Å²) in [5.41, 5.74) is 1.89. The van der Waals surface area contributed by atoms with E-state index in [0.717, 1.165) is 15.8 Å². The third kappa shape index (κ3) is 2.61. The first-order valence-electron chi connectivity index (χ1n) is 5.96. The number of para-hydroxylation sites is 1. The van der Waals surface area contributed by atoms with E-state index in [1.54, 1.807) is 6.08 Å². The summed E-state index contributed by atoms with van der Waals surface area (Å²) in [6.07, 6.45) is 3.39. The highest BCUT2D eigenvalue weighted by Gasteiger charge is 2.08. The molecule has 0 aliphatic carbocycles. The van der Waals surface area contributed by atoms with E-state index >= 15 is 0 Å². The number of ketones is 1. The van der Waals surface area contributed by atoms with Crippen molar-refractivity contribution in [3.05, 3.63) is 71.2 Å². The van der Waals surface area contributed by atoms with E-state index in [1.807, 2.05) is 60.7 Å². The number of carbonyl (C=O) groups is 1. The zero-order chi connectivity index (χ0) is 13.1. The van der Waals surface area contributed by atoms with Crippen LogP contribution in [0.2, 0.25) is 0 Å². The number of hydrogen-bond acceptors (Lipinski definition) is 3. The van der Waals surface area contributed by atoms with Crippen LogP contribution in [0.4, 0.5) is 0 Å². The van der Waals surface area contributed by atoms with Crippen LogP contribution in [-0.4, -0.2) is 10.8 Å². The van der Waals surface area contributed by atoms with Crippen LogP contribution in [0.5, 0.6) is 0 Å². The molecule has 19 heavy (non-hydrogen) atoms. The Balaban J connectivity index is 1.86. The van der Waals surface area contributed by atoms with Crippen molar-refractivity contribution in [1.82, 2.24) is 4.98 Å². The first-order valence-corrected chi connectivity index (χ1v) is 6.77. The normalized spacial score (nSPS) is 11.2. The molecule has 1 aromatic heterocycles. The lowest BCUT2D eigenvalue weighted by molar-refractivity contribution is 0.104. The Morgan fingerprint density at radius 1 is 1.00 bits per heavy atom. The minimum Gasteiger partial charge on any atom is -0.287 e. The Bertz CT molecular complexity index is 711. The summed E-state index contributed by atoms with van der Waals surface area (Å²) in [6.45, 7) is 0. The zero-order valence-corrected chi connectivity index (χ0v) is 10.9. The number of thiazole rings is 1. The van der Waals surface area contributed by atoms with Crippen LogP contribution in [0.15, 0.2) is 60.7 Å². The molecule has 92 valence electrons. The number of nitrogens with zero attached hydrogens (tertiary/aromatic N) is 1. The van der Waals surface area contributed by atoms with Crippen LogP contribution in [0.25, 0.3) is 16.3 Å². The van der Waals surface area contributed by atoms with Crippen LogP contribution in [0.3, 0.4) is 0 Å². The highest BCUT2D eigenvalue weighted by atomic mass is 32.1. The van der Waals surface area contributed by atoms with E-state index in [4.69, 9.17) is 0 Å². The quantitative estimate of drug-likeness (QED) is 0.525. The van der Waals surface area contributed by atoms with Gasteiger partial charge in [0, 0.05) is 0 Å². The lowest BCUT2D eigenvalue weighted by Gasteiger charge is -1.90. The van der Waals surface area contributed by atoms with E-state index in [-0.39, 0.29) is 5.78 Å². The lowest BCUT2D eigenvalue weighted by atomic mass is 10.2. The monoisotopic (exact) mass is 265 g/mol.